The lowest BCUT2D eigenvalue weighted by Gasteiger charge is -2.65. The van der Waals surface area contributed by atoms with E-state index in [-0.39, 0.29) is 41.4 Å². The lowest BCUT2D eigenvalue weighted by atomic mass is 9.40. The van der Waals surface area contributed by atoms with E-state index in [1.807, 2.05) is 18.2 Å². The molecule has 3 amide bonds. The summed E-state index contributed by atoms with van der Waals surface area (Å²) in [5.41, 5.74) is 1.48. The molecule has 3 aliphatic carbocycles. The Bertz CT molecular complexity index is 1260. The lowest BCUT2D eigenvalue weighted by Crippen LogP contribution is -2.56. The number of benzene rings is 1. The molecule has 0 radical (unpaired) electrons. The molecule has 5 aliphatic rings. The Labute approximate surface area is 209 Å². The van der Waals surface area contributed by atoms with Gasteiger partial charge in [-0.2, -0.15) is 5.26 Å². The third-order valence-corrected chi connectivity index (χ3v) is 9.05. The summed E-state index contributed by atoms with van der Waals surface area (Å²) in [6, 6.07) is 8.13. The van der Waals surface area contributed by atoms with Crippen LogP contribution < -0.4 is 15.4 Å². The van der Waals surface area contributed by atoms with Crippen LogP contribution in [0.3, 0.4) is 0 Å². The number of rotatable bonds is 7. The van der Waals surface area contributed by atoms with E-state index in [0.717, 1.165) is 16.8 Å². The molecule has 2 aromatic rings. The summed E-state index contributed by atoms with van der Waals surface area (Å²) in [4.78, 5) is 44.1. The Kier molecular flexibility index (Phi) is 5.43. The number of nitrogens with one attached hydrogen (secondary N) is 3. The predicted octanol–water partition coefficient (Wildman–Crippen LogP) is 2.34. The van der Waals surface area contributed by atoms with Crippen molar-refractivity contribution in [1.82, 2.24) is 20.5 Å². The summed E-state index contributed by atoms with van der Waals surface area (Å²) >= 11 is 0. The summed E-state index contributed by atoms with van der Waals surface area (Å²) < 4.78 is 5.44. The van der Waals surface area contributed by atoms with Crippen LogP contribution >= 0.6 is 0 Å². The number of amides is 3. The van der Waals surface area contributed by atoms with Gasteiger partial charge in [0.25, 0.3) is 5.91 Å². The van der Waals surface area contributed by atoms with Gasteiger partial charge in [0.15, 0.2) is 0 Å². The minimum Gasteiger partial charge on any atom is -0.496 e. The number of carbonyl (C=O) groups excluding carboxylic acids is 3. The van der Waals surface area contributed by atoms with Crippen LogP contribution in [0.15, 0.2) is 24.3 Å². The van der Waals surface area contributed by atoms with E-state index in [2.05, 4.69) is 21.7 Å². The van der Waals surface area contributed by atoms with Crippen molar-refractivity contribution in [1.29, 1.82) is 5.26 Å². The van der Waals surface area contributed by atoms with Crippen LogP contribution in [0.4, 0.5) is 0 Å². The van der Waals surface area contributed by atoms with Gasteiger partial charge in [-0.05, 0) is 74.0 Å². The largest absolute Gasteiger partial charge is 0.496 e. The Morgan fingerprint density at radius 2 is 2.14 bits per heavy atom. The molecule has 2 saturated heterocycles. The molecule has 3 N–H and O–H groups in total. The number of likely N-dealkylation sites (tertiary alicyclic amines) is 1. The van der Waals surface area contributed by atoms with E-state index in [4.69, 9.17) is 4.74 Å². The third-order valence-electron chi connectivity index (χ3n) is 9.05. The molecular weight excluding hydrogens is 458 g/mol. The van der Waals surface area contributed by atoms with Gasteiger partial charge in [-0.15, -0.1) is 0 Å². The van der Waals surface area contributed by atoms with Crippen molar-refractivity contribution in [3.63, 3.8) is 0 Å². The fourth-order valence-electron chi connectivity index (χ4n) is 6.94. The molecule has 188 valence electrons. The molecule has 1 aromatic heterocycles. The van der Waals surface area contributed by atoms with Crippen LogP contribution in [-0.2, 0) is 9.59 Å². The number of nitriles is 1. The molecule has 9 heteroatoms. The van der Waals surface area contributed by atoms with Crippen molar-refractivity contribution in [2.45, 2.75) is 50.6 Å². The van der Waals surface area contributed by atoms with E-state index in [1.54, 1.807) is 18.1 Å². The van der Waals surface area contributed by atoms with Gasteiger partial charge in [-0.3, -0.25) is 14.4 Å². The first-order valence-corrected chi connectivity index (χ1v) is 12.8. The van der Waals surface area contributed by atoms with E-state index >= 15 is 0 Å². The number of fused-ring (bicyclic) bond motifs is 1. The van der Waals surface area contributed by atoms with Gasteiger partial charge in [0.1, 0.15) is 23.5 Å². The van der Waals surface area contributed by atoms with Crippen molar-refractivity contribution < 1.29 is 19.1 Å². The number of nitrogens with zero attached hydrogens (tertiary/aromatic N) is 2. The molecule has 0 spiro atoms. The topological polar surface area (TPSA) is 127 Å². The van der Waals surface area contributed by atoms with Gasteiger partial charge in [-0.1, -0.05) is 6.07 Å². The van der Waals surface area contributed by atoms with Crippen LogP contribution in [0.1, 0.15) is 49.0 Å². The van der Waals surface area contributed by atoms with Crippen LogP contribution in [0.2, 0.25) is 0 Å². The van der Waals surface area contributed by atoms with Crippen molar-refractivity contribution >= 4 is 28.6 Å². The smallest absolute Gasteiger partial charge is 0.270 e. The van der Waals surface area contributed by atoms with Crippen LogP contribution in [-0.4, -0.2) is 59.9 Å². The lowest BCUT2D eigenvalue weighted by molar-refractivity contribution is -0.147. The zero-order valence-electron chi connectivity index (χ0n) is 20.4. The fraction of sp³-hybridized carbons (Fsp3) is 0.556. The Balaban J connectivity index is 1.23. The van der Waals surface area contributed by atoms with E-state index in [0.29, 0.717) is 37.4 Å². The monoisotopic (exact) mass is 489 g/mol. The van der Waals surface area contributed by atoms with Crippen molar-refractivity contribution in [3.8, 4) is 11.8 Å². The first-order valence-electron chi connectivity index (χ1n) is 12.8. The quantitative estimate of drug-likeness (QED) is 0.550. The number of hydrogen-bond donors (Lipinski definition) is 3. The highest BCUT2D eigenvalue weighted by Gasteiger charge is 2.62. The van der Waals surface area contributed by atoms with E-state index in [1.165, 1.54) is 19.3 Å². The van der Waals surface area contributed by atoms with Gasteiger partial charge >= 0.3 is 0 Å². The van der Waals surface area contributed by atoms with E-state index < -0.39 is 12.1 Å². The Morgan fingerprint density at radius 3 is 2.78 bits per heavy atom. The minimum absolute atomic E-state index is 0.0694. The Morgan fingerprint density at radius 1 is 1.33 bits per heavy atom. The van der Waals surface area contributed by atoms with Crippen LogP contribution in [0, 0.1) is 34.5 Å². The van der Waals surface area contributed by atoms with Crippen molar-refractivity contribution in [2.75, 3.05) is 20.2 Å². The maximum absolute atomic E-state index is 13.8. The standard InChI is InChI=1S/C27H31N5O4/c1-36-23-4-2-3-20-19(23)9-21(31-20)26(35)32-14-17(27-10-15(11-27)12-27)8-22(32)25(34)30-18(13-28)7-16-5-6-29-24(16)33/h2-4,9,15-18,22,31H,5-8,10-12,14H2,1H3,(H,29,33)(H,30,34)/t15?,16-,17?,18-,22?,27?/m0/s1. The number of methoxy groups -OCH3 is 1. The van der Waals surface area contributed by atoms with Gasteiger partial charge in [0.05, 0.1) is 13.2 Å². The average Bonchev–Trinajstić information content (AvgIpc) is 3.54. The summed E-state index contributed by atoms with van der Waals surface area (Å²) in [5.74, 6) is 0.900. The molecule has 7 rings (SSSR count). The molecule has 3 saturated carbocycles. The van der Waals surface area contributed by atoms with Crippen molar-refractivity contribution in [3.05, 3.63) is 30.0 Å². The number of aromatic nitrogens is 1. The second-order valence-electron chi connectivity index (χ2n) is 11.1. The summed E-state index contributed by atoms with van der Waals surface area (Å²) in [7, 11) is 1.60. The number of aromatic amines is 1. The van der Waals surface area contributed by atoms with Gasteiger partial charge in [0, 0.05) is 29.9 Å². The summed E-state index contributed by atoms with van der Waals surface area (Å²) in [5, 5.41) is 16.1. The highest BCUT2D eigenvalue weighted by molar-refractivity contribution is 6.01. The highest BCUT2D eigenvalue weighted by atomic mass is 16.5. The molecule has 5 fully saturated rings. The molecular formula is C27H31N5O4. The molecule has 2 unspecified atom stereocenters. The molecule has 4 atom stereocenters. The SMILES string of the molecule is COc1cccc2[nH]c(C(=O)N3CC(C45CC(C4)C5)CC3C(=O)N[C@H](C#N)C[C@@H]3CCNC3=O)cc12. The predicted molar refractivity (Wildman–Crippen MR) is 131 cm³/mol. The first-order chi connectivity index (χ1) is 17.4. The number of H-pyrrole nitrogens is 1. The number of hydrogen-bond acceptors (Lipinski definition) is 5. The van der Waals surface area contributed by atoms with Gasteiger partial charge < -0.3 is 25.3 Å². The summed E-state index contributed by atoms with van der Waals surface area (Å²) in [6.45, 7) is 1.14. The zero-order valence-corrected chi connectivity index (χ0v) is 20.4. The second kappa shape index (κ2) is 8.54. The van der Waals surface area contributed by atoms with Crippen LogP contribution in [0.5, 0.6) is 5.75 Å². The normalized spacial score (nSPS) is 31.2. The second-order valence-corrected chi connectivity index (χ2v) is 11.1. The average molecular weight is 490 g/mol. The maximum atomic E-state index is 13.8. The van der Waals surface area contributed by atoms with Gasteiger partial charge in [0.2, 0.25) is 11.8 Å². The van der Waals surface area contributed by atoms with E-state index in [9.17, 15) is 19.6 Å². The molecule has 1 aromatic carbocycles. The van der Waals surface area contributed by atoms with Gasteiger partial charge in [-0.25, -0.2) is 0 Å². The third kappa shape index (κ3) is 3.62. The van der Waals surface area contributed by atoms with Crippen LogP contribution in [0.25, 0.3) is 10.9 Å². The number of carbonyl (C=O) groups is 3. The zero-order chi connectivity index (χ0) is 25.0. The number of ether oxygens (including phenoxy) is 1. The minimum atomic E-state index is -0.769. The fourth-order valence-corrected chi connectivity index (χ4v) is 6.94. The molecule has 9 nitrogen and oxygen atoms in total. The molecule has 2 bridgehead atoms. The Hall–Kier alpha value is -3.54. The molecule has 2 aliphatic heterocycles. The highest BCUT2D eigenvalue weighted by Crippen LogP contribution is 2.69. The first kappa shape index (κ1) is 22.9. The maximum Gasteiger partial charge on any atom is 0.270 e. The van der Waals surface area contributed by atoms with Crippen molar-refractivity contribution in [2.24, 2.45) is 23.2 Å². The molecule has 36 heavy (non-hydrogen) atoms. The molecule has 3 heterocycles. The summed E-state index contributed by atoms with van der Waals surface area (Å²) in [6.07, 6.45) is 5.12.